The molecule has 0 radical (unpaired) electrons. The first-order valence-electron chi connectivity index (χ1n) is 10.0. The Kier molecular flexibility index (Phi) is 7.02. The topological polar surface area (TPSA) is 53.1 Å². The highest BCUT2D eigenvalue weighted by Crippen LogP contribution is 2.43. The molecule has 0 N–H and O–H groups in total. The van der Waals surface area contributed by atoms with Crippen LogP contribution in [0.25, 0.3) is 0 Å². The first kappa shape index (κ1) is 22.2. The number of rotatable bonds is 2. The predicted molar refractivity (Wildman–Crippen MR) is 117 cm³/mol. The number of nitrogens with zero attached hydrogens (tertiary/aromatic N) is 3. The summed E-state index contributed by atoms with van der Waals surface area (Å²) in [5, 5.41) is 0.368. The second kappa shape index (κ2) is 9.14. The van der Waals surface area contributed by atoms with Gasteiger partial charge in [-0.3, -0.25) is 9.69 Å². The molecular weight excluding hydrogens is 410 g/mol. The number of carbonyl (C=O) groups is 2. The number of benzene rings is 1. The van der Waals surface area contributed by atoms with Crippen molar-refractivity contribution < 1.29 is 14.3 Å². The highest BCUT2D eigenvalue weighted by atomic mass is 35.5. The smallest absolute Gasteiger partial charge is 0.412 e. The maximum atomic E-state index is 13.4. The zero-order valence-electron chi connectivity index (χ0n) is 17.6. The lowest BCUT2D eigenvalue weighted by Crippen LogP contribution is -2.51. The zero-order chi connectivity index (χ0) is 21.2. The summed E-state index contributed by atoms with van der Waals surface area (Å²) in [7, 11) is 2.07. The molecular formula is C21H30ClN3O3S. The Labute approximate surface area is 182 Å². The fourth-order valence-electron chi connectivity index (χ4n) is 3.60. The quantitative estimate of drug-likeness (QED) is 0.700. The maximum absolute atomic E-state index is 13.4. The molecule has 2 amide bonds. The molecule has 160 valence electrons. The van der Waals surface area contributed by atoms with E-state index in [9.17, 15) is 9.59 Å². The van der Waals surface area contributed by atoms with Gasteiger partial charge in [-0.25, -0.2) is 4.79 Å². The standard InChI is InChI=1S/C21H30ClN3O3S/c1-21(2,3)28-20(27)25-17(18(26)24-11-5-10-23(4)12-13-24)14-29-19(25)15-6-8-16(22)9-7-15/h6-9,17,19H,5,10-14H2,1-4H3. The van der Waals surface area contributed by atoms with Crippen LogP contribution < -0.4 is 0 Å². The van der Waals surface area contributed by atoms with Crippen molar-refractivity contribution in [3.05, 3.63) is 34.9 Å². The second-order valence-corrected chi connectivity index (χ2v) is 10.2. The zero-order valence-corrected chi connectivity index (χ0v) is 19.1. The van der Waals surface area contributed by atoms with Crippen molar-refractivity contribution in [1.82, 2.24) is 14.7 Å². The largest absolute Gasteiger partial charge is 0.444 e. The van der Waals surface area contributed by atoms with Gasteiger partial charge in [0, 0.05) is 30.4 Å². The normalized spacial score (nSPS) is 23.8. The molecule has 0 saturated carbocycles. The van der Waals surface area contributed by atoms with Gasteiger partial charge in [0.25, 0.3) is 0 Å². The van der Waals surface area contributed by atoms with Crippen molar-refractivity contribution in [2.24, 2.45) is 0 Å². The van der Waals surface area contributed by atoms with Gasteiger partial charge < -0.3 is 14.5 Å². The van der Waals surface area contributed by atoms with Crippen LogP contribution in [0, 0.1) is 0 Å². The van der Waals surface area contributed by atoms with E-state index in [0.29, 0.717) is 17.3 Å². The molecule has 0 aliphatic carbocycles. The minimum Gasteiger partial charge on any atom is -0.444 e. The van der Waals surface area contributed by atoms with E-state index in [1.165, 1.54) is 0 Å². The summed E-state index contributed by atoms with van der Waals surface area (Å²) in [6, 6.07) is 6.91. The van der Waals surface area contributed by atoms with Crippen molar-refractivity contribution in [3.8, 4) is 0 Å². The molecule has 2 fully saturated rings. The molecule has 2 heterocycles. The molecule has 29 heavy (non-hydrogen) atoms. The number of hydrogen-bond donors (Lipinski definition) is 0. The van der Waals surface area contributed by atoms with Crippen LogP contribution in [0.1, 0.15) is 38.1 Å². The summed E-state index contributed by atoms with van der Waals surface area (Å²) in [4.78, 5) is 32.3. The average Bonchev–Trinajstić information content (AvgIpc) is 2.97. The van der Waals surface area contributed by atoms with Crippen molar-refractivity contribution in [2.45, 2.75) is 44.2 Å². The monoisotopic (exact) mass is 439 g/mol. The summed E-state index contributed by atoms with van der Waals surface area (Å²) < 4.78 is 5.68. The van der Waals surface area contributed by atoms with Gasteiger partial charge in [-0.05, 0) is 58.5 Å². The lowest BCUT2D eigenvalue weighted by molar-refractivity contribution is -0.135. The van der Waals surface area contributed by atoms with E-state index in [0.717, 1.165) is 31.6 Å². The number of ether oxygens (including phenoxy) is 1. The molecule has 0 aromatic heterocycles. The molecule has 0 spiro atoms. The molecule has 6 nitrogen and oxygen atoms in total. The Morgan fingerprint density at radius 2 is 1.79 bits per heavy atom. The molecule has 8 heteroatoms. The van der Waals surface area contributed by atoms with Crippen LogP contribution in [0.15, 0.2) is 24.3 Å². The Morgan fingerprint density at radius 3 is 2.45 bits per heavy atom. The number of halogens is 1. The summed E-state index contributed by atoms with van der Waals surface area (Å²) in [6.07, 6.45) is 0.488. The van der Waals surface area contributed by atoms with E-state index < -0.39 is 17.7 Å². The van der Waals surface area contributed by atoms with Crippen LogP contribution in [0.2, 0.25) is 5.02 Å². The maximum Gasteiger partial charge on any atom is 0.412 e. The van der Waals surface area contributed by atoms with Crippen LogP contribution in [-0.4, -0.2) is 77.3 Å². The van der Waals surface area contributed by atoms with Gasteiger partial charge in [0.2, 0.25) is 5.91 Å². The lowest BCUT2D eigenvalue weighted by Gasteiger charge is -2.33. The highest BCUT2D eigenvalue weighted by Gasteiger charge is 2.45. The molecule has 2 atom stereocenters. The van der Waals surface area contributed by atoms with E-state index >= 15 is 0 Å². The SMILES string of the molecule is CN1CCCN(C(=O)C2CSC(c3ccc(Cl)cc3)N2C(=O)OC(C)(C)C)CC1. The third kappa shape index (κ3) is 5.58. The minimum absolute atomic E-state index is 0.00937. The van der Waals surface area contributed by atoms with Crippen LogP contribution in [-0.2, 0) is 9.53 Å². The molecule has 2 saturated heterocycles. The van der Waals surface area contributed by atoms with Gasteiger partial charge in [0.15, 0.2) is 0 Å². The summed E-state index contributed by atoms with van der Waals surface area (Å²) >= 11 is 7.63. The second-order valence-electron chi connectivity index (χ2n) is 8.62. The van der Waals surface area contributed by atoms with Crippen LogP contribution >= 0.6 is 23.4 Å². The highest BCUT2D eigenvalue weighted by molar-refractivity contribution is 7.99. The van der Waals surface area contributed by atoms with E-state index in [4.69, 9.17) is 16.3 Å². The Morgan fingerprint density at radius 1 is 1.10 bits per heavy atom. The molecule has 1 aromatic carbocycles. The van der Waals surface area contributed by atoms with Crippen LogP contribution in [0.4, 0.5) is 4.79 Å². The predicted octanol–water partition coefficient (Wildman–Crippen LogP) is 3.86. The van der Waals surface area contributed by atoms with Crippen molar-refractivity contribution >= 4 is 35.4 Å². The average molecular weight is 440 g/mol. The van der Waals surface area contributed by atoms with Crippen molar-refractivity contribution in [2.75, 3.05) is 39.0 Å². The Hall–Kier alpha value is -1.44. The van der Waals surface area contributed by atoms with Gasteiger partial charge >= 0.3 is 6.09 Å². The van der Waals surface area contributed by atoms with E-state index in [1.807, 2.05) is 49.9 Å². The summed E-state index contributed by atoms with van der Waals surface area (Å²) in [5.74, 6) is 0.563. The minimum atomic E-state index is -0.631. The lowest BCUT2D eigenvalue weighted by atomic mass is 10.1. The molecule has 2 aliphatic rings. The fourth-order valence-corrected chi connectivity index (χ4v) is 5.13. The summed E-state index contributed by atoms with van der Waals surface area (Å²) in [5.41, 5.74) is 0.310. The Bertz CT molecular complexity index is 738. The van der Waals surface area contributed by atoms with E-state index in [2.05, 4.69) is 11.9 Å². The number of amides is 2. The third-order valence-corrected chi connectivity index (χ3v) is 6.65. The molecule has 0 bridgehead atoms. The number of likely N-dealkylation sites (N-methyl/N-ethyl adjacent to an activating group) is 1. The Balaban J connectivity index is 1.85. The first-order chi connectivity index (χ1) is 13.7. The molecule has 3 rings (SSSR count). The van der Waals surface area contributed by atoms with Gasteiger partial charge in [-0.15, -0.1) is 11.8 Å². The van der Waals surface area contributed by atoms with Gasteiger partial charge in [-0.2, -0.15) is 0 Å². The van der Waals surface area contributed by atoms with E-state index in [1.54, 1.807) is 16.7 Å². The van der Waals surface area contributed by atoms with Crippen LogP contribution in [0.5, 0.6) is 0 Å². The fraction of sp³-hybridized carbons (Fsp3) is 0.619. The number of hydrogen-bond acceptors (Lipinski definition) is 5. The van der Waals surface area contributed by atoms with Crippen LogP contribution in [0.3, 0.4) is 0 Å². The third-order valence-electron chi connectivity index (χ3n) is 5.08. The van der Waals surface area contributed by atoms with Crippen molar-refractivity contribution in [1.29, 1.82) is 0 Å². The van der Waals surface area contributed by atoms with Crippen molar-refractivity contribution in [3.63, 3.8) is 0 Å². The molecule has 1 aromatic rings. The molecule has 2 aliphatic heterocycles. The van der Waals surface area contributed by atoms with Gasteiger partial charge in [0.05, 0.1) is 0 Å². The van der Waals surface area contributed by atoms with Gasteiger partial charge in [-0.1, -0.05) is 23.7 Å². The summed E-state index contributed by atoms with van der Waals surface area (Å²) in [6.45, 7) is 8.75. The van der Waals surface area contributed by atoms with E-state index in [-0.39, 0.29) is 11.3 Å². The molecule has 2 unspecified atom stereocenters. The first-order valence-corrected chi connectivity index (χ1v) is 11.4. The number of thioether (sulfide) groups is 1. The number of carbonyl (C=O) groups excluding carboxylic acids is 2. The van der Waals surface area contributed by atoms with Gasteiger partial charge in [0.1, 0.15) is 17.0 Å².